The highest BCUT2D eigenvalue weighted by Gasteiger charge is 2.25. The largest absolute Gasteiger partial charge is 0.496 e. The number of aryl methyl sites for hydroxylation is 1. The van der Waals surface area contributed by atoms with Crippen LogP contribution in [-0.4, -0.2) is 34.2 Å². The van der Waals surface area contributed by atoms with E-state index in [-0.39, 0.29) is 12.3 Å². The highest BCUT2D eigenvalue weighted by atomic mass is 16.6. The summed E-state index contributed by atoms with van der Waals surface area (Å²) in [6.45, 7) is 1.97. The maximum atomic E-state index is 13.0. The molecule has 8 nitrogen and oxygen atoms in total. The van der Waals surface area contributed by atoms with E-state index in [1.165, 1.54) is 12.1 Å². The number of nitrogens with zero attached hydrogens (tertiary/aromatic N) is 3. The van der Waals surface area contributed by atoms with Gasteiger partial charge in [-0.3, -0.25) is 15.1 Å². The van der Waals surface area contributed by atoms with Crippen LogP contribution in [0.1, 0.15) is 17.3 Å². The number of carbonyl (C=O) groups is 1. The van der Waals surface area contributed by atoms with Crippen LogP contribution in [0.3, 0.4) is 0 Å². The third-order valence-electron chi connectivity index (χ3n) is 5.32. The fraction of sp³-hybridized carbons (Fsp3) is 0.167. The second-order valence-electron chi connectivity index (χ2n) is 7.12. The normalized spacial score (nSPS) is 10.8. The number of hydrogen-bond donors (Lipinski definition) is 0. The Morgan fingerprint density at radius 2 is 1.91 bits per heavy atom. The zero-order chi connectivity index (χ0) is 22.8. The van der Waals surface area contributed by atoms with Crippen LogP contribution in [0.25, 0.3) is 33.3 Å². The van der Waals surface area contributed by atoms with Crippen LogP contribution in [0.15, 0.2) is 60.9 Å². The van der Waals surface area contributed by atoms with Crippen molar-refractivity contribution in [3.63, 3.8) is 0 Å². The topological polar surface area (TPSA) is 96.5 Å². The fourth-order valence-corrected chi connectivity index (χ4v) is 3.87. The monoisotopic (exact) mass is 431 g/mol. The smallest absolute Gasteiger partial charge is 0.340 e. The molecule has 0 aliphatic heterocycles. The van der Waals surface area contributed by atoms with Gasteiger partial charge in [0.05, 0.1) is 35.4 Å². The summed E-state index contributed by atoms with van der Waals surface area (Å²) in [4.78, 5) is 27.8. The van der Waals surface area contributed by atoms with E-state index < -0.39 is 10.9 Å². The number of hydrogen-bond acceptors (Lipinski definition) is 6. The lowest BCUT2D eigenvalue weighted by molar-refractivity contribution is -0.384. The molecule has 0 fully saturated rings. The molecule has 0 N–H and O–H groups in total. The quantitative estimate of drug-likeness (QED) is 0.242. The number of carbonyl (C=O) groups excluding carboxylic acids is 1. The first kappa shape index (κ1) is 21.0. The molecule has 0 unspecified atom stereocenters. The molecule has 0 saturated heterocycles. The predicted octanol–water partition coefficient (Wildman–Crippen LogP) is 5.00. The molecule has 32 heavy (non-hydrogen) atoms. The number of nitro benzene ring substituents is 1. The molecule has 0 atom stereocenters. The average molecular weight is 431 g/mol. The number of nitro groups is 1. The molecule has 162 valence electrons. The number of methoxy groups -OCH3 is 1. The van der Waals surface area contributed by atoms with E-state index >= 15 is 0 Å². The standard InChI is InChI=1S/C24H21N3O5/c1-4-32-24(28)22-19-13-21(31-3)18(16-6-5-11-25-14-16)12-20(19)26(2)23(22)15-7-9-17(10-8-15)27(29)30/h5-14H,4H2,1-3H3. The van der Waals surface area contributed by atoms with Crippen LogP contribution < -0.4 is 4.74 Å². The fourth-order valence-electron chi connectivity index (χ4n) is 3.87. The number of fused-ring (bicyclic) bond motifs is 1. The molecule has 0 aliphatic carbocycles. The lowest BCUT2D eigenvalue weighted by Crippen LogP contribution is -2.06. The maximum Gasteiger partial charge on any atom is 0.340 e. The summed E-state index contributed by atoms with van der Waals surface area (Å²) in [6, 6.07) is 13.6. The van der Waals surface area contributed by atoms with Gasteiger partial charge in [-0.25, -0.2) is 4.79 Å². The van der Waals surface area contributed by atoms with Gasteiger partial charge in [0.25, 0.3) is 5.69 Å². The van der Waals surface area contributed by atoms with Crippen LogP contribution >= 0.6 is 0 Å². The van der Waals surface area contributed by atoms with Gasteiger partial charge in [0.2, 0.25) is 0 Å². The van der Waals surface area contributed by atoms with Crippen LogP contribution in [0, 0.1) is 10.1 Å². The van der Waals surface area contributed by atoms with Crippen molar-refractivity contribution in [2.45, 2.75) is 6.92 Å². The summed E-state index contributed by atoms with van der Waals surface area (Å²) in [6.07, 6.45) is 3.44. The van der Waals surface area contributed by atoms with E-state index in [9.17, 15) is 14.9 Å². The number of ether oxygens (including phenoxy) is 2. The van der Waals surface area contributed by atoms with Crippen LogP contribution in [0.4, 0.5) is 5.69 Å². The molecule has 2 aromatic carbocycles. The van der Waals surface area contributed by atoms with Crippen molar-refractivity contribution in [2.75, 3.05) is 13.7 Å². The first-order valence-electron chi connectivity index (χ1n) is 9.99. The molecule has 0 aliphatic rings. The second-order valence-corrected chi connectivity index (χ2v) is 7.12. The van der Waals surface area contributed by atoms with Crippen molar-refractivity contribution in [3.8, 4) is 28.1 Å². The molecule has 0 radical (unpaired) electrons. The molecule has 2 aromatic heterocycles. The van der Waals surface area contributed by atoms with Gasteiger partial charge >= 0.3 is 5.97 Å². The third-order valence-corrected chi connectivity index (χ3v) is 5.32. The zero-order valence-corrected chi connectivity index (χ0v) is 17.9. The minimum atomic E-state index is -0.470. The first-order valence-corrected chi connectivity index (χ1v) is 9.99. The van der Waals surface area contributed by atoms with Crippen molar-refractivity contribution >= 4 is 22.6 Å². The number of aromatic nitrogens is 2. The lowest BCUT2D eigenvalue weighted by atomic mass is 10.0. The summed E-state index contributed by atoms with van der Waals surface area (Å²) < 4.78 is 12.9. The maximum absolute atomic E-state index is 13.0. The number of rotatable bonds is 6. The lowest BCUT2D eigenvalue weighted by Gasteiger charge is -2.10. The Morgan fingerprint density at radius 3 is 2.50 bits per heavy atom. The molecular weight excluding hydrogens is 410 g/mol. The second kappa shape index (κ2) is 8.50. The molecule has 2 heterocycles. The molecule has 8 heteroatoms. The van der Waals surface area contributed by atoms with Gasteiger partial charge in [-0.2, -0.15) is 0 Å². The molecular formula is C24H21N3O5. The van der Waals surface area contributed by atoms with Gasteiger partial charge < -0.3 is 14.0 Å². The van der Waals surface area contributed by atoms with Crippen molar-refractivity contribution in [3.05, 3.63) is 76.6 Å². The summed E-state index contributed by atoms with van der Waals surface area (Å²) in [5.74, 6) is 0.125. The summed E-state index contributed by atoms with van der Waals surface area (Å²) in [5, 5.41) is 11.7. The SMILES string of the molecule is CCOC(=O)c1c(-c2ccc([N+](=O)[O-])cc2)n(C)c2cc(-c3cccnc3)c(OC)cc12. The highest BCUT2D eigenvalue weighted by molar-refractivity contribution is 6.12. The minimum absolute atomic E-state index is 0.0225. The number of pyridine rings is 1. The predicted molar refractivity (Wildman–Crippen MR) is 121 cm³/mol. The van der Waals surface area contributed by atoms with E-state index in [4.69, 9.17) is 9.47 Å². The van der Waals surface area contributed by atoms with Crippen molar-refractivity contribution in [2.24, 2.45) is 7.05 Å². The molecule has 4 rings (SSSR count). The first-order chi connectivity index (χ1) is 15.5. The van der Waals surface area contributed by atoms with E-state index in [0.717, 1.165) is 16.6 Å². The summed E-state index contributed by atoms with van der Waals surface area (Å²) in [7, 11) is 3.42. The Kier molecular flexibility index (Phi) is 5.59. The van der Waals surface area contributed by atoms with Gasteiger partial charge in [0, 0.05) is 48.1 Å². The van der Waals surface area contributed by atoms with E-state index in [1.807, 2.05) is 35.9 Å². The van der Waals surface area contributed by atoms with Crippen molar-refractivity contribution < 1.29 is 19.2 Å². The molecule has 0 bridgehead atoms. The highest BCUT2D eigenvalue weighted by Crippen LogP contribution is 2.40. The Morgan fingerprint density at radius 1 is 1.16 bits per heavy atom. The Hall–Kier alpha value is -4.20. The van der Waals surface area contributed by atoms with Crippen LogP contribution in [0.2, 0.25) is 0 Å². The third kappa shape index (κ3) is 3.56. The molecule has 4 aromatic rings. The summed E-state index contributed by atoms with van der Waals surface area (Å²) >= 11 is 0. The van der Waals surface area contributed by atoms with Gasteiger partial charge in [-0.15, -0.1) is 0 Å². The van der Waals surface area contributed by atoms with Crippen LogP contribution in [0.5, 0.6) is 5.75 Å². The van der Waals surface area contributed by atoms with E-state index in [0.29, 0.717) is 28.0 Å². The minimum Gasteiger partial charge on any atom is -0.496 e. The zero-order valence-electron chi connectivity index (χ0n) is 17.9. The van der Waals surface area contributed by atoms with Crippen LogP contribution in [-0.2, 0) is 11.8 Å². The van der Waals surface area contributed by atoms with Gasteiger partial charge in [0.1, 0.15) is 5.75 Å². The van der Waals surface area contributed by atoms with Gasteiger partial charge in [-0.1, -0.05) is 6.07 Å². The van der Waals surface area contributed by atoms with Gasteiger partial charge in [-0.05, 0) is 42.8 Å². The van der Waals surface area contributed by atoms with Gasteiger partial charge in [0.15, 0.2) is 0 Å². The Bertz CT molecular complexity index is 1310. The molecule has 0 spiro atoms. The summed E-state index contributed by atoms with van der Waals surface area (Å²) in [5.41, 5.74) is 4.14. The number of esters is 1. The van der Waals surface area contributed by atoms with E-state index in [2.05, 4.69) is 4.98 Å². The Balaban J connectivity index is 2.02. The molecule has 0 saturated carbocycles. The Labute approximate surface area is 184 Å². The van der Waals surface area contributed by atoms with Crippen molar-refractivity contribution in [1.29, 1.82) is 0 Å². The van der Waals surface area contributed by atoms with Crippen molar-refractivity contribution in [1.82, 2.24) is 9.55 Å². The van der Waals surface area contributed by atoms with E-state index in [1.54, 1.807) is 38.6 Å². The number of non-ortho nitro benzene ring substituents is 1. The average Bonchev–Trinajstić information content (AvgIpc) is 3.10. The number of benzene rings is 2. The molecule has 0 amide bonds.